The normalized spacial score (nSPS) is 10.3. The molecule has 0 bridgehead atoms. The average molecular weight is 214 g/mol. The number of carbonyl (C=O) groups is 1. The van der Waals surface area contributed by atoms with Crippen molar-refractivity contribution in [2.45, 2.75) is 26.9 Å². The molecule has 0 aromatic carbocycles. The molecule has 0 amide bonds. The fraction of sp³-hybridized carbons (Fsp3) is 0.667. The molecule has 1 aromatic heterocycles. The Balaban J connectivity index is 2.45. The Kier molecular flexibility index (Phi) is 4.76. The van der Waals surface area contributed by atoms with Crippen LogP contribution in [0.25, 0.3) is 0 Å². The Morgan fingerprint density at radius 2 is 2.20 bits per heavy atom. The second-order valence-electron chi connectivity index (χ2n) is 2.77. The van der Waals surface area contributed by atoms with Crippen molar-refractivity contribution in [3.63, 3.8) is 0 Å². The summed E-state index contributed by atoms with van der Waals surface area (Å²) in [5.41, 5.74) is 0. The van der Waals surface area contributed by atoms with Gasteiger partial charge in [-0.15, -0.1) is 10.2 Å². The summed E-state index contributed by atoms with van der Waals surface area (Å²) in [6.07, 6.45) is 0.916. The first kappa shape index (κ1) is 11.6. The number of nitrogens with zero attached hydrogens (tertiary/aromatic N) is 2. The van der Waals surface area contributed by atoms with Crippen molar-refractivity contribution < 1.29 is 18.7 Å². The lowest BCUT2D eigenvalue weighted by Crippen LogP contribution is -2.04. The molecule has 0 aliphatic heterocycles. The van der Waals surface area contributed by atoms with E-state index in [1.54, 1.807) is 6.92 Å². The zero-order valence-corrected chi connectivity index (χ0v) is 8.86. The molecule has 0 saturated carbocycles. The summed E-state index contributed by atoms with van der Waals surface area (Å²) in [6, 6.07) is 0. The van der Waals surface area contributed by atoms with Crippen LogP contribution >= 0.6 is 0 Å². The van der Waals surface area contributed by atoms with Crippen LogP contribution in [-0.4, -0.2) is 29.4 Å². The predicted octanol–water partition coefficient (Wildman–Crippen LogP) is 1.17. The van der Waals surface area contributed by atoms with E-state index in [0.29, 0.717) is 6.61 Å². The lowest BCUT2D eigenvalue weighted by atomic mass is 10.5. The van der Waals surface area contributed by atoms with Crippen molar-refractivity contribution in [3.05, 3.63) is 11.8 Å². The van der Waals surface area contributed by atoms with Crippen LogP contribution in [0.5, 0.6) is 0 Å². The Labute approximate surface area is 87.6 Å². The van der Waals surface area contributed by atoms with Gasteiger partial charge in [-0.3, -0.25) is 0 Å². The fourth-order valence-corrected chi connectivity index (χ4v) is 0.891. The molecule has 1 heterocycles. The summed E-state index contributed by atoms with van der Waals surface area (Å²) in [5, 5.41) is 7.19. The van der Waals surface area contributed by atoms with Gasteiger partial charge in [-0.25, -0.2) is 4.79 Å². The van der Waals surface area contributed by atoms with Gasteiger partial charge in [0.05, 0.1) is 6.61 Å². The van der Waals surface area contributed by atoms with Crippen molar-refractivity contribution >= 4 is 5.97 Å². The third kappa shape index (κ3) is 3.67. The Morgan fingerprint density at radius 3 is 2.87 bits per heavy atom. The van der Waals surface area contributed by atoms with E-state index in [2.05, 4.69) is 10.2 Å². The van der Waals surface area contributed by atoms with E-state index in [4.69, 9.17) is 13.9 Å². The van der Waals surface area contributed by atoms with E-state index in [1.807, 2.05) is 6.92 Å². The van der Waals surface area contributed by atoms with E-state index in [-0.39, 0.29) is 25.0 Å². The lowest BCUT2D eigenvalue weighted by molar-refractivity contribution is 0.0470. The van der Waals surface area contributed by atoms with Crippen molar-refractivity contribution in [1.29, 1.82) is 0 Å². The third-order valence-corrected chi connectivity index (χ3v) is 1.49. The lowest BCUT2D eigenvalue weighted by Gasteiger charge is -1.96. The highest BCUT2D eigenvalue weighted by atomic mass is 16.5. The van der Waals surface area contributed by atoms with Gasteiger partial charge in [0.25, 0.3) is 0 Å². The SMILES string of the molecule is CCCOCc1nnc(C(=O)OCC)o1. The first-order valence-electron chi connectivity index (χ1n) is 4.85. The molecule has 0 atom stereocenters. The molecule has 0 spiro atoms. The van der Waals surface area contributed by atoms with Gasteiger partial charge in [-0.05, 0) is 13.3 Å². The molecule has 0 aliphatic carbocycles. The minimum atomic E-state index is -0.605. The molecule has 0 aliphatic rings. The Hall–Kier alpha value is -1.43. The number of hydrogen-bond acceptors (Lipinski definition) is 6. The first-order chi connectivity index (χ1) is 7.27. The van der Waals surface area contributed by atoms with Gasteiger partial charge in [-0.2, -0.15) is 0 Å². The highest BCUT2D eigenvalue weighted by molar-refractivity contribution is 5.83. The fourth-order valence-electron chi connectivity index (χ4n) is 0.891. The minimum Gasteiger partial charge on any atom is -0.459 e. The van der Waals surface area contributed by atoms with Gasteiger partial charge in [0.15, 0.2) is 0 Å². The van der Waals surface area contributed by atoms with Gasteiger partial charge in [0.1, 0.15) is 6.61 Å². The van der Waals surface area contributed by atoms with Gasteiger partial charge in [0.2, 0.25) is 5.89 Å². The van der Waals surface area contributed by atoms with Crippen molar-refractivity contribution in [2.24, 2.45) is 0 Å². The standard InChI is InChI=1S/C9H14N2O4/c1-3-5-13-6-7-10-11-8(15-7)9(12)14-4-2/h3-6H2,1-2H3. The number of ether oxygens (including phenoxy) is 2. The zero-order chi connectivity index (χ0) is 11.1. The summed E-state index contributed by atoms with van der Waals surface area (Å²) >= 11 is 0. The maximum Gasteiger partial charge on any atom is 0.396 e. The number of aromatic nitrogens is 2. The molecule has 0 fully saturated rings. The highest BCUT2D eigenvalue weighted by Gasteiger charge is 2.15. The summed E-state index contributed by atoms with van der Waals surface area (Å²) < 4.78 is 14.9. The molecular formula is C9H14N2O4. The molecule has 1 rings (SSSR count). The molecule has 6 nitrogen and oxygen atoms in total. The summed E-state index contributed by atoms with van der Waals surface area (Å²) in [5.74, 6) is -0.454. The van der Waals surface area contributed by atoms with E-state index < -0.39 is 5.97 Å². The van der Waals surface area contributed by atoms with Crippen LogP contribution in [0.4, 0.5) is 0 Å². The van der Waals surface area contributed by atoms with Crippen LogP contribution in [-0.2, 0) is 16.1 Å². The number of carbonyl (C=O) groups excluding carboxylic acids is 1. The smallest absolute Gasteiger partial charge is 0.396 e. The third-order valence-electron chi connectivity index (χ3n) is 1.49. The molecule has 0 N–H and O–H groups in total. The summed E-state index contributed by atoms with van der Waals surface area (Å²) in [6.45, 7) is 4.83. The Morgan fingerprint density at radius 1 is 1.40 bits per heavy atom. The van der Waals surface area contributed by atoms with E-state index in [1.165, 1.54) is 0 Å². The molecule has 0 radical (unpaired) electrons. The van der Waals surface area contributed by atoms with Gasteiger partial charge < -0.3 is 13.9 Å². The quantitative estimate of drug-likeness (QED) is 0.522. The second kappa shape index (κ2) is 6.13. The van der Waals surface area contributed by atoms with Crippen LogP contribution in [0.1, 0.15) is 36.8 Å². The van der Waals surface area contributed by atoms with Crippen LogP contribution in [0.15, 0.2) is 4.42 Å². The van der Waals surface area contributed by atoms with E-state index in [9.17, 15) is 4.79 Å². The molecule has 6 heteroatoms. The number of esters is 1. The topological polar surface area (TPSA) is 74.5 Å². The molecule has 0 saturated heterocycles. The molecule has 0 unspecified atom stereocenters. The second-order valence-corrected chi connectivity index (χ2v) is 2.77. The van der Waals surface area contributed by atoms with E-state index in [0.717, 1.165) is 6.42 Å². The van der Waals surface area contributed by atoms with Gasteiger partial charge in [-0.1, -0.05) is 6.92 Å². The van der Waals surface area contributed by atoms with Gasteiger partial charge >= 0.3 is 11.9 Å². The van der Waals surface area contributed by atoms with E-state index >= 15 is 0 Å². The monoisotopic (exact) mass is 214 g/mol. The van der Waals surface area contributed by atoms with Crippen LogP contribution in [0, 0.1) is 0 Å². The van der Waals surface area contributed by atoms with Gasteiger partial charge in [0, 0.05) is 6.61 Å². The Bertz CT molecular complexity index is 311. The molecule has 1 aromatic rings. The molecule has 15 heavy (non-hydrogen) atoms. The van der Waals surface area contributed by atoms with Crippen LogP contribution in [0.2, 0.25) is 0 Å². The highest BCUT2D eigenvalue weighted by Crippen LogP contribution is 2.03. The number of rotatable bonds is 6. The maximum absolute atomic E-state index is 11.1. The largest absolute Gasteiger partial charge is 0.459 e. The predicted molar refractivity (Wildman–Crippen MR) is 50.2 cm³/mol. The molecule has 84 valence electrons. The van der Waals surface area contributed by atoms with Crippen molar-refractivity contribution in [3.8, 4) is 0 Å². The first-order valence-corrected chi connectivity index (χ1v) is 4.85. The van der Waals surface area contributed by atoms with Crippen LogP contribution in [0.3, 0.4) is 0 Å². The average Bonchev–Trinajstić information content (AvgIpc) is 2.67. The summed E-state index contributed by atoms with van der Waals surface area (Å²) in [4.78, 5) is 11.1. The number of hydrogen-bond donors (Lipinski definition) is 0. The van der Waals surface area contributed by atoms with Crippen molar-refractivity contribution in [1.82, 2.24) is 10.2 Å². The molecular weight excluding hydrogens is 200 g/mol. The van der Waals surface area contributed by atoms with Crippen LogP contribution < -0.4 is 0 Å². The minimum absolute atomic E-state index is 0.132. The maximum atomic E-state index is 11.1. The van der Waals surface area contributed by atoms with Crippen molar-refractivity contribution in [2.75, 3.05) is 13.2 Å². The zero-order valence-electron chi connectivity index (χ0n) is 8.86. The summed E-state index contributed by atoms with van der Waals surface area (Å²) in [7, 11) is 0.